The first-order chi connectivity index (χ1) is 11.1. The molecule has 122 valence electrons. The van der Waals surface area contributed by atoms with Crippen molar-refractivity contribution >= 4 is 11.6 Å². The summed E-state index contributed by atoms with van der Waals surface area (Å²) < 4.78 is 0. The largest absolute Gasteiger partial charge is 0.384 e. The Morgan fingerprint density at radius 1 is 1.09 bits per heavy atom. The second-order valence-corrected chi connectivity index (χ2v) is 6.15. The second-order valence-electron chi connectivity index (χ2n) is 6.15. The van der Waals surface area contributed by atoms with Gasteiger partial charge in [-0.3, -0.25) is 4.79 Å². The molecule has 1 unspecified atom stereocenters. The summed E-state index contributed by atoms with van der Waals surface area (Å²) in [4.78, 5) is 16.5. The number of aromatic nitrogens is 1. The Kier molecular flexibility index (Phi) is 6.15. The molecule has 4 heteroatoms. The van der Waals surface area contributed by atoms with Gasteiger partial charge in [0.15, 0.2) is 0 Å². The summed E-state index contributed by atoms with van der Waals surface area (Å²) in [6.45, 7) is 7.27. The molecular formula is C19H25N3O. The van der Waals surface area contributed by atoms with Crippen molar-refractivity contribution < 1.29 is 4.79 Å². The number of carbonyl (C=O) groups is 1. The van der Waals surface area contributed by atoms with Crippen LogP contribution in [0.15, 0.2) is 48.7 Å². The molecule has 1 aromatic heterocycles. The van der Waals surface area contributed by atoms with Gasteiger partial charge in [0.1, 0.15) is 5.69 Å². The van der Waals surface area contributed by atoms with Crippen LogP contribution in [-0.4, -0.2) is 17.4 Å². The van der Waals surface area contributed by atoms with E-state index in [1.54, 1.807) is 12.3 Å². The predicted octanol–water partition coefficient (Wildman–Crippen LogP) is 4.03. The zero-order valence-corrected chi connectivity index (χ0v) is 14.0. The Bertz CT molecular complexity index is 608. The highest BCUT2D eigenvalue weighted by Crippen LogP contribution is 2.13. The van der Waals surface area contributed by atoms with Crippen molar-refractivity contribution in [3.63, 3.8) is 0 Å². The number of carbonyl (C=O) groups excluding carboxylic acids is 1. The Morgan fingerprint density at radius 2 is 1.83 bits per heavy atom. The Balaban J connectivity index is 1.90. The van der Waals surface area contributed by atoms with Gasteiger partial charge in [-0.25, -0.2) is 4.98 Å². The molecular weight excluding hydrogens is 286 g/mol. The van der Waals surface area contributed by atoms with Gasteiger partial charge in [0.25, 0.3) is 5.91 Å². The van der Waals surface area contributed by atoms with E-state index >= 15 is 0 Å². The summed E-state index contributed by atoms with van der Waals surface area (Å²) in [5.41, 5.74) is 2.45. The highest BCUT2D eigenvalue weighted by molar-refractivity contribution is 5.92. The van der Waals surface area contributed by atoms with E-state index in [0.717, 1.165) is 24.2 Å². The van der Waals surface area contributed by atoms with Gasteiger partial charge < -0.3 is 10.6 Å². The van der Waals surface area contributed by atoms with Crippen molar-refractivity contribution in [2.24, 2.45) is 5.92 Å². The maximum Gasteiger partial charge on any atom is 0.270 e. The fourth-order valence-corrected chi connectivity index (χ4v) is 2.23. The first-order valence-corrected chi connectivity index (χ1v) is 8.12. The molecule has 0 saturated heterocycles. The molecule has 4 nitrogen and oxygen atoms in total. The zero-order chi connectivity index (χ0) is 16.7. The van der Waals surface area contributed by atoms with Crippen LogP contribution in [0.5, 0.6) is 0 Å². The van der Waals surface area contributed by atoms with E-state index in [-0.39, 0.29) is 11.9 Å². The highest BCUT2D eigenvalue weighted by atomic mass is 16.1. The summed E-state index contributed by atoms with van der Waals surface area (Å²) in [6.07, 6.45) is 2.82. The number of pyridine rings is 1. The Labute approximate surface area is 138 Å². The maximum absolute atomic E-state index is 12.2. The lowest BCUT2D eigenvalue weighted by Gasteiger charge is -2.14. The van der Waals surface area contributed by atoms with Gasteiger partial charge in [-0.15, -0.1) is 0 Å². The monoisotopic (exact) mass is 311 g/mol. The fourth-order valence-electron chi connectivity index (χ4n) is 2.23. The highest BCUT2D eigenvalue weighted by Gasteiger charge is 2.12. The van der Waals surface area contributed by atoms with E-state index in [2.05, 4.69) is 29.5 Å². The minimum absolute atomic E-state index is 0.0469. The van der Waals surface area contributed by atoms with Gasteiger partial charge >= 0.3 is 0 Å². The van der Waals surface area contributed by atoms with E-state index in [9.17, 15) is 4.79 Å². The maximum atomic E-state index is 12.2. The van der Waals surface area contributed by atoms with Gasteiger partial charge in [-0.1, -0.05) is 44.2 Å². The van der Waals surface area contributed by atoms with Crippen molar-refractivity contribution in [1.29, 1.82) is 0 Å². The van der Waals surface area contributed by atoms with E-state index in [1.165, 1.54) is 0 Å². The van der Waals surface area contributed by atoms with Crippen molar-refractivity contribution in [2.75, 3.05) is 11.9 Å². The minimum atomic E-state index is -0.157. The molecule has 0 aliphatic heterocycles. The van der Waals surface area contributed by atoms with Crippen molar-refractivity contribution in [2.45, 2.75) is 33.2 Å². The molecule has 0 aliphatic rings. The van der Waals surface area contributed by atoms with Crippen LogP contribution < -0.4 is 10.6 Å². The molecule has 23 heavy (non-hydrogen) atoms. The molecule has 0 radical (unpaired) electrons. The molecule has 1 aromatic carbocycles. The molecule has 0 spiro atoms. The molecule has 2 rings (SSSR count). The van der Waals surface area contributed by atoms with E-state index in [0.29, 0.717) is 11.6 Å². The van der Waals surface area contributed by atoms with Crippen LogP contribution in [0, 0.1) is 5.92 Å². The van der Waals surface area contributed by atoms with Crippen molar-refractivity contribution in [1.82, 2.24) is 10.3 Å². The normalized spacial score (nSPS) is 12.0. The summed E-state index contributed by atoms with van der Waals surface area (Å²) in [5.74, 6) is 0.509. The van der Waals surface area contributed by atoms with Crippen LogP contribution in [0.2, 0.25) is 0 Å². The van der Waals surface area contributed by atoms with Gasteiger partial charge in [-0.2, -0.15) is 0 Å². The lowest BCUT2D eigenvalue weighted by Crippen LogP contribution is -2.27. The number of anilines is 1. The van der Waals surface area contributed by atoms with Gasteiger partial charge in [0, 0.05) is 6.54 Å². The minimum Gasteiger partial charge on any atom is -0.384 e. The number of benzene rings is 1. The van der Waals surface area contributed by atoms with Gasteiger partial charge in [-0.05, 0) is 37.0 Å². The van der Waals surface area contributed by atoms with E-state index in [1.807, 2.05) is 43.3 Å². The van der Waals surface area contributed by atoms with Crippen molar-refractivity contribution in [3.05, 3.63) is 59.9 Å². The van der Waals surface area contributed by atoms with Crippen LogP contribution in [0.3, 0.4) is 0 Å². The quantitative estimate of drug-likeness (QED) is 0.811. The molecule has 0 aliphatic carbocycles. The van der Waals surface area contributed by atoms with Crippen LogP contribution in [-0.2, 0) is 0 Å². The Morgan fingerprint density at radius 3 is 2.43 bits per heavy atom. The lowest BCUT2D eigenvalue weighted by molar-refractivity contribution is 0.0935. The molecule has 0 saturated carbocycles. The lowest BCUT2D eigenvalue weighted by atomic mass is 10.1. The van der Waals surface area contributed by atoms with Crippen LogP contribution in [0.4, 0.5) is 5.69 Å². The van der Waals surface area contributed by atoms with E-state index < -0.39 is 0 Å². The summed E-state index contributed by atoms with van der Waals surface area (Å²) in [5, 5.41) is 6.28. The second kappa shape index (κ2) is 8.32. The molecule has 2 N–H and O–H groups in total. The van der Waals surface area contributed by atoms with Gasteiger partial charge in [0.05, 0.1) is 17.9 Å². The predicted molar refractivity (Wildman–Crippen MR) is 94.5 cm³/mol. The third kappa shape index (κ3) is 5.40. The molecule has 0 bridgehead atoms. The van der Waals surface area contributed by atoms with Crippen LogP contribution in [0.25, 0.3) is 0 Å². The van der Waals surface area contributed by atoms with E-state index in [4.69, 9.17) is 0 Å². The summed E-state index contributed by atoms with van der Waals surface area (Å²) >= 11 is 0. The van der Waals surface area contributed by atoms with Crippen LogP contribution >= 0.6 is 0 Å². The molecule has 1 amide bonds. The first-order valence-electron chi connectivity index (χ1n) is 8.12. The number of rotatable bonds is 7. The fraction of sp³-hybridized carbons (Fsp3) is 0.368. The van der Waals surface area contributed by atoms with Crippen LogP contribution in [0.1, 0.15) is 49.3 Å². The molecule has 0 fully saturated rings. The van der Waals surface area contributed by atoms with Crippen molar-refractivity contribution in [3.8, 4) is 0 Å². The Hall–Kier alpha value is -2.36. The molecule has 1 atom stereocenters. The first kappa shape index (κ1) is 17.0. The number of nitrogens with zero attached hydrogens (tertiary/aromatic N) is 1. The van der Waals surface area contributed by atoms with Gasteiger partial charge in [0.2, 0.25) is 0 Å². The summed E-state index contributed by atoms with van der Waals surface area (Å²) in [7, 11) is 0. The SMILES string of the molecule is CC(C)CCNc1ccc(C(=O)NC(C)c2ccccc2)nc1. The molecule has 2 aromatic rings. The molecule has 1 heterocycles. The number of nitrogens with one attached hydrogen (secondary N) is 2. The number of hydrogen-bond acceptors (Lipinski definition) is 3. The third-order valence-corrected chi connectivity index (χ3v) is 3.69. The number of hydrogen-bond donors (Lipinski definition) is 2. The number of amides is 1. The smallest absolute Gasteiger partial charge is 0.270 e. The zero-order valence-electron chi connectivity index (χ0n) is 14.0. The topological polar surface area (TPSA) is 54.0 Å². The standard InChI is InChI=1S/C19H25N3O/c1-14(2)11-12-20-17-9-10-18(21-13-17)19(23)22-15(3)16-7-5-4-6-8-16/h4-10,13-15,20H,11-12H2,1-3H3,(H,22,23). The third-order valence-electron chi connectivity index (χ3n) is 3.69. The summed E-state index contributed by atoms with van der Waals surface area (Å²) in [6, 6.07) is 13.5. The average molecular weight is 311 g/mol. The average Bonchev–Trinajstić information content (AvgIpc) is 2.56.